The largest absolute Gasteiger partial charge is 0.493 e. The average molecular weight is 429 g/mol. The van der Waals surface area contributed by atoms with Crippen LogP contribution in [0, 0.1) is 0 Å². The molecule has 0 spiro atoms. The summed E-state index contributed by atoms with van der Waals surface area (Å²) < 4.78 is 20.8. The van der Waals surface area contributed by atoms with E-state index in [0.717, 1.165) is 5.56 Å². The van der Waals surface area contributed by atoms with Crippen molar-refractivity contribution >= 4 is 18.2 Å². The first-order valence-corrected chi connectivity index (χ1v) is 9.62. The number of nitrogens with one attached hydrogen (secondary N) is 2. The number of ether oxygens (including phenoxy) is 4. The van der Waals surface area contributed by atoms with E-state index < -0.39 is 18.0 Å². The van der Waals surface area contributed by atoms with Gasteiger partial charge in [-0.05, 0) is 24.6 Å². The first-order valence-electron chi connectivity index (χ1n) is 9.62. The number of hydrogen-bond acceptors (Lipinski definition) is 7. The fourth-order valence-corrected chi connectivity index (χ4v) is 2.80. The molecule has 0 aromatic heterocycles. The van der Waals surface area contributed by atoms with E-state index in [-0.39, 0.29) is 13.0 Å². The summed E-state index contributed by atoms with van der Waals surface area (Å²) in [6, 6.07) is 11.8. The lowest BCUT2D eigenvalue weighted by atomic mass is 10.1. The van der Waals surface area contributed by atoms with Gasteiger partial charge in [-0.1, -0.05) is 30.3 Å². The maximum atomic E-state index is 12.7. The Morgan fingerprint density at radius 1 is 1.03 bits per heavy atom. The van der Waals surface area contributed by atoms with Crippen molar-refractivity contribution in [2.75, 3.05) is 27.9 Å². The van der Waals surface area contributed by atoms with E-state index in [4.69, 9.17) is 18.9 Å². The summed E-state index contributed by atoms with van der Waals surface area (Å²) in [6.07, 6.45) is 1.05. The van der Waals surface area contributed by atoms with Crippen molar-refractivity contribution in [3.63, 3.8) is 0 Å². The van der Waals surface area contributed by atoms with Gasteiger partial charge in [-0.3, -0.25) is 4.79 Å². The topological polar surface area (TPSA) is 107 Å². The number of nitrogens with zero attached hydrogens (tertiary/aromatic N) is 1. The maximum Gasteiger partial charge on any atom is 0.407 e. The van der Waals surface area contributed by atoms with Crippen molar-refractivity contribution in [2.45, 2.75) is 19.4 Å². The van der Waals surface area contributed by atoms with Crippen LogP contribution < -0.4 is 25.0 Å². The third-order valence-corrected chi connectivity index (χ3v) is 4.24. The van der Waals surface area contributed by atoms with E-state index in [9.17, 15) is 9.59 Å². The Labute approximate surface area is 181 Å². The van der Waals surface area contributed by atoms with Gasteiger partial charge in [-0.25, -0.2) is 10.2 Å². The third kappa shape index (κ3) is 6.91. The van der Waals surface area contributed by atoms with Gasteiger partial charge in [0, 0.05) is 12.0 Å². The van der Waals surface area contributed by atoms with Crippen molar-refractivity contribution in [1.82, 2.24) is 10.7 Å². The van der Waals surface area contributed by atoms with Crippen molar-refractivity contribution in [2.24, 2.45) is 5.10 Å². The number of methoxy groups -OCH3 is 3. The van der Waals surface area contributed by atoms with Gasteiger partial charge in [-0.15, -0.1) is 0 Å². The van der Waals surface area contributed by atoms with Gasteiger partial charge in [0.25, 0.3) is 5.91 Å². The fraction of sp³-hybridized carbons (Fsp3) is 0.318. The van der Waals surface area contributed by atoms with E-state index in [2.05, 4.69) is 15.8 Å². The number of benzene rings is 2. The minimum absolute atomic E-state index is 0.199. The highest BCUT2D eigenvalue weighted by Gasteiger charge is 2.21. The van der Waals surface area contributed by atoms with Crippen LogP contribution in [0.15, 0.2) is 47.6 Å². The lowest BCUT2D eigenvalue weighted by molar-refractivity contribution is -0.123. The Bertz CT molecular complexity index is 876. The Morgan fingerprint density at radius 2 is 1.68 bits per heavy atom. The van der Waals surface area contributed by atoms with Crippen LogP contribution >= 0.6 is 0 Å². The Morgan fingerprint density at radius 3 is 2.23 bits per heavy atom. The Balaban J connectivity index is 2.13. The van der Waals surface area contributed by atoms with E-state index in [1.165, 1.54) is 27.5 Å². The molecule has 0 radical (unpaired) electrons. The fourth-order valence-electron chi connectivity index (χ4n) is 2.80. The van der Waals surface area contributed by atoms with Crippen LogP contribution in [0.3, 0.4) is 0 Å². The second kappa shape index (κ2) is 12.1. The van der Waals surface area contributed by atoms with E-state index in [0.29, 0.717) is 22.8 Å². The number of rotatable bonds is 10. The first kappa shape index (κ1) is 23.5. The van der Waals surface area contributed by atoms with Gasteiger partial charge < -0.3 is 24.3 Å². The maximum absolute atomic E-state index is 12.7. The number of hydrazone groups is 1. The predicted molar refractivity (Wildman–Crippen MR) is 116 cm³/mol. The van der Waals surface area contributed by atoms with Crippen LogP contribution in [0.1, 0.15) is 18.1 Å². The SMILES string of the molecule is CCOC(=O)N[C@H](Cc1ccccc1)C(=O)N/N=C\c1cc(OC)c(OC)c(OC)c1. The molecule has 0 unspecified atom stereocenters. The number of carbonyl (C=O) groups is 2. The van der Waals surface area contributed by atoms with Crippen molar-refractivity contribution < 1.29 is 28.5 Å². The lowest BCUT2D eigenvalue weighted by Gasteiger charge is -2.17. The molecule has 0 aliphatic rings. The molecule has 2 aromatic carbocycles. The second-order valence-corrected chi connectivity index (χ2v) is 6.30. The van der Waals surface area contributed by atoms with E-state index >= 15 is 0 Å². The molecule has 0 saturated heterocycles. The molecule has 166 valence electrons. The smallest absolute Gasteiger partial charge is 0.407 e. The summed E-state index contributed by atoms with van der Waals surface area (Å²) in [5.74, 6) is 0.884. The summed E-state index contributed by atoms with van der Waals surface area (Å²) in [6.45, 7) is 1.89. The van der Waals surface area contributed by atoms with Gasteiger partial charge >= 0.3 is 6.09 Å². The molecule has 0 fully saturated rings. The molecule has 0 aliphatic carbocycles. The number of alkyl carbamates (subject to hydrolysis) is 1. The summed E-state index contributed by atoms with van der Waals surface area (Å²) in [7, 11) is 4.53. The molecule has 31 heavy (non-hydrogen) atoms. The molecule has 0 saturated carbocycles. The van der Waals surface area contributed by atoms with Crippen LogP contribution in [0.25, 0.3) is 0 Å². The molecule has 2 aromatic rings. The molecule has 2 amide bonds. The van der Waals surface area contributed by atoms with Crippen LogP contribution in [0.2, 0.25) is 0 Å². The summed E-state index contributed by atoms with van der Waals surface area (Å²) >= 11 is 0. The van der Waals surface area contributed by atoms with Crippen molar-refractivity contribution in [1.29, 1.82) is 0 Å². The molecule has 0 bridgehead atoms. The van der Waals surface area contributed by atoms with Gasteiger partial charge in [0.1, 0.15) is 6.04 Å². The molecule has 9 nitrogen and oxygen atoms in total. The molecule has 0 heterocycles. The zero-order valence-electron chi connectivity index (χ0n) is 18.0. The highest BCUT2D eigenvalue weighted by Crippen LogP contribution is 2.37. The van der Waals surface area contributed by atoms with Crippen LogP contribution in [-0.2, 0) is 16.0 Å². The monoisotopic (exact) mass is 429 g/mol. The third-order valence-electron chi connectivity index (χ3n) is 4.24. The average Bonchev–Trinajstić information content (AvgIpc) is 2.78. The molecular formula is C22H27N3O6. The van der Waals surface area contributed by atoms with Crippen molar-refractivity contribution in [3.05, 3.63) is 53.6 Å². The molecule has 1 atom stereocenters. The number of hydrogen-bond donors (Lipinski definition) is 2. The molecular weight excluding hydrogens is 402 g/mol. The highest BCUT2D eigenvalue weighted by molar-refractivity contribution is 5.88. The van der Waals surface area contributed by atoms with Gasteiger partial charge in [0.05, 0.1) is 34.2 Å². The summed E-state index contributed by atoms with van der Waals surface area (Å²) in [5.41, 5.74) is 3.95. The van der Waals surface area contributed by atoms with Crippen LogP contribution in [0.4, 0.5) is 4.79 Å². The minimum Gasteiger partial charge on any atom is -0.493 e. The van der Waals surface area contributed by atoms with Crippen LogP contribution in [-0.4, -0.2) is 52.2 Å². The Kier molecular flexibility index (Phi) is 9.15. The molecule has 2 rings (SSSR count). The van der Waals surface area contributed by atoms with Crippen molar-refractivity contribution in [3.8, 4) is 17.2 Å². The predicted octanol–water partition coefficient (Wildman–Crippen LogP) is 2.52. The second-order valence-electron chi connectivity index (χ2n) is 6.30. The summed E-state index contributed by atoms with van der Waals surface area (Å²) in [4.78, 5) is 24.5. The summed E-state index contributed by atoms with van der Waals surface area (Å²) in [5, 5.41) is 6.56. The normalized spacial score (nSPS) is 11.5. The number of amides is 2. The zero-order chi connectivity index (χ0) is 22.6. The number of carbonyl (C=O) groups excluding carboxylic acids is 2. The Hall–Kier alpha value is -3.75. The molecule has 9 heteroatoms. The zero-order valence-corrected chi connectivity index (χ0v) is 18.0. The first-order chi connectivity index (χ1) is 15.0. The van der Waals surface area contributed by atoms with Gasteiger partial charge in [0.15, 0.2) is 11.5 Å². The standard InChI is InChI=1S/C22H27N3O6/c1-5-31-22(27)24-17(11-15-9-7-6-8-10-15)21(26)25-23-14-16-12-18(28-2)20(30-4)19(13-16)29-3/h6-10,12-14,17H,5,11H2,1-4H3,(H,24,27)(H,25,26)/b23-14-/t17-/m1/s1. The molecule has 2 N–H and O–H groups in total. The van der Waals surface area contributed by atoms with E-state index in [1.807, 2.05) is 30.3 Å². The van der Waals surface area contributed by atoms with Gasteiger partial charge in [0.2, 0.25) is 5.75 Å². The van der Waals surface area contributed by atoms with Gasteiger partial charge in [-0.2, -0.15) is 5.10 Å². The van der Waals surface area contributed by atoms with Crippen LogP contribution in [0.5, 0.6) is 17.2 Å². The minimum atomic E-state index is -0.862. The molecule has 0 aliphatic heterocycles. The highest BCUT2D eigenvalue weighted by atomic mass is 16.5. The lowest BCUT2D eigenvalue weighted by Crippen LogP contribution is -2.47. The quantitative estimate of drug-likeness (QED) is 0.444. The van der Waals surface area contributed by atoms with E-state index in [1.54, 1.807) is 19.1 Å².